The van der Waals surface area contributed by atoms with Gasteiger partial charge in [-0.2, -0.15) is 0 Å². The molecule has 1 amide bonds. The number of ether oxygens (including phenoxy) is 1. The first-order chi connectivity index (χ1) is 7.24. The summed E-state index contributed by atoms with van der Waals surface area (Å²) in [5.74, 6) is 0.811. The van der Waals surface area contributed by atoms with Crippen LogP contribution in [-0.2, 0) is 11.3 Å². The highest BCUT2D eigenvalue weighted by Crippen LogP contribution is 2.27. The van der Waals surface area contributed by atoms with E-state index in [4.69, 9.17) is 4.74 Å². The Labute approximate surface area is 88.2 Å². The van der Waals surface area contributed by atoms with E-state index in [1.165, 1.54) is 5.01 Å². The van der Waals surface area contributed by atoms with Crippen molar-refractivity contribution in [1.29, 1.82) is 0 Å². The molecule has 5 heteroatoms. The number of fused-ring (bicyclic) bond motifs is 1. The smallest absolute Gasteiger partial charge is 0.429 e. The first-order valence-electron chi connectivity index (χ1n) is 4.86. The first kappa shape index (κ1) is 9.76. The highest BCUT2D eigenvalue weighted by molar-refractivity contribution is 5.72. The zero-order valence-electron chi connectivity index (χ0n) is 8.80. The topological polar surface area (TPSA) is 45.7 Å². The normalized spacial score (nSPS) is 14.0. The van der Waals surface area contributed by atoms with Gasteiger partial charge in [0.15, 0.2) is 5.82 Å². The molecule has 2 heterocycles. The minimum Gasteiger partial charge on any atom is -0.448 e. The summed E-state index contributed by atoms with van der Waals surface area (Å²) in [6.45, 7) is 2.70. The lowest BCUT2D eigenvalue weighted by Gasteiger charge is -2.24. The summed E-state index contributed by atoms with van der Waals surface area (Å²) in [7, 11) is 1.80. The Morgan fingerprint density at radius 3 is 3.13 bits per heavy atom. The van der Waals surface area contributed by atoms with Gasteiger partial charge in [0.1, 0.15) is 0 Å². The van der Waals surface area contributed by atoms with Crippen LogP contribution in [-0.4, -0.2) is 29.7 Å². The quantitative estimate of drug-likeness (QED) is 0.698. The number of anilines is 1. The predicted octanol–water partition coefficient (Wildman–Crippen LogP) is 1.40. The van der Waals surface area contributed by atoms with Crippen LogP contribution in [0.1, 0.15) is 12.5 Å². The van der Waals surface area contributed by atoms with E-state index in [0.29, 0.717) is 13.2 Å². The summed E-state index contributed by atoms with van der Waals surface area (Å²) in [6.07, 6.45) is 1.38. The van der Waals surface area contributed by atoms with Gasteiger partial charge < -0.3 is 4.74 Å². The molecule has 0 aromatic carbocycles. The van der Waals surface area contributed by atoms with E-state index in [1.54, 1.807) is 25.2 Å². The van der Waals surface area contributed by atoms with Crippen LogP contribution in [0.4, 0.5) is 10.6 Å². The van der Waals surface area contributed by atoms with Crippen molar-refractivity contribution in [2.75, 3.05) is 18.7 Å². The lowest BCUT2D eigenvalue weighted by molar-refractivity contribution is 0.106. The van der Waals surface area contributed by atoms with E-state index in [2.05, 4.69) is 4.98 Å². The molecule has 0 radical (unpaired) electrons. The van der Waals surface area contributed by atoms with Gasteiger partial charge in [0.2, 0.25) is 0 Å². The Hall–Kier alpha value is -1.78. The van der Waals surface area contributed by atoms with Crippen LogP contribution in [0, 0.1) is 0 Å². The number of nitrogens with zero attached hydrogens (tertiary/aromatic N) is 3. The van der Waals surface area contributed by atoms with Crippen LogP contribution in [0.25, 0.3) is 0 Å². The Morgan fingerprint density at radius 1 is 1.67 bits per heavy atom. The number of hydrogen-bond donors (Lipinski definition) is 0. The Morgan fingerprint density at radius 2 is 2.47 bits per heavy atom. The molecule has 0 saturated heterocycles. The van der Waals surface area contributed by atoms with Gasteiger partial charge in [0.05, 0.1) is 13.2 Å². The van der Waals surface area contributed by atoms with E-state index < -0.39 is 0 Å². The molecule has 0 N–H and O–H groups in total. The average Bonchev–Trinajstić information content (AvgIpc) is 2.57. The largest absolute Gasteiger partial charge is 0.448 e. The second-order valence-electron chi connectivity index (χ2n) is 3.27. The lowest BCUT2D eigenvalue weighted by atomic mass is 10.3. The molecule has 1 aromatic heterocycles. The molecule has 0 bridgehead atoms. The van der Waals surface area contributed by atoms with Gasteiger partial charge in [-0.25, -0.2) is 14.8 Å². The lowest BCUT2D eigenvalue weighted by Crippen LogP contribution is -2.39. The number of hydrazine groups is 1. The van der Waals surface area contributed by atoms with Crippen molar-refractivity contribution in [2.45, 2.75) is 13.5 Å². The molecule has 1 aliphatic heterocycles. The fourth-order valence-corrected chi connectivity index (χ4v) is 1.61. The third-order valence-corrected chi connectivity index (χ3v) is 2.33. The Bertz CT molecular complexity index is 381. The average molecular weight is 207 g/mol. The van der Waals surface area contributed by atoms with Crippen LogP contribution < -0.4 is 5.01 Å². The fraction of sp³-hybridized carbons (Fsp3) is 0.400. The molecule has 1 aromatic rings. The van der Waals surface area contributed by atoms with Crippen LogP contribution in [0.2, 0.25) is 0 Å². The monoisotopic (exact) mass is 207 g/mol. The van der Waals surface area contributed by atoms with E-state index in [-0.39, 0.29) is 6.09 Å². The summed E-state index contributed by atoms with van der Waals surface area (Å²) in [5.41, 5.74) is 1.04. The molecule has 80 valence electrons. The Kier molecular flexibility index (Phi) is 2.45. The number of carbonyl (C=O) groups is 1. The van der Waals surface area contributed by atoms with Crippen molar-refractivity contribution in [2.24, 2.45) is 0 Å². The second-order valence-corrected chi connectivity index (χ2v) is 3.27. The summed E-state index contributed by atoms with van der Waals surface area (Å²) in [5, 5.41) is 3.24. The number of pyridine rings is 1. The molecule has 5 nitrogen and oxygen atoms in total. The number of amides is 1. The van der Waals surface area contributed by atoms with Crippen molar-refractivity contribution >= 4 is 11.9 Å². The van der Waals surface area contributed by atoms with E-state index in [0.717, 1.165) is 11.4 Å². The van der Waals surface area contributed by atoms with Crippen molar-refractivity contribution in [3.05, 3.63) is 23.9 Å². The highest BCUT2D eigenvalue weighted by Gasteiger charge is 2.29. The summed E-state index contributed by atoms with van der Waals surface area (Å²) in [6, 6.07) is 3.82. The molecule has 0 atom stereocenters. The SMILES string of the molecule is CCOC(=O)N1Cc2cccnc2N1C. The number of carbonyl (C=O) groups excluding carboxylic acids is 1. The summed E-state index contributed by atoms with van der Waals surface area (Å²) < 4.78 is 4.94. The van der Waals surface area contributed by atoms with Crippen molar-refractivity contribution in [1.82, 2.24) is 9.99 Å². The van der Waals surface area contributed by atoms with Gasteiger partial charge in [0.25, 0.3) is 0 Å². The second kappa shape index (κ2) is 3.76. The predicted molar refractivity (Wildman–Crippen MR) is 55.2 cm³/mol. The standard InChI is InChI=1S/C10H13N3O2/c1-3-15-10(14)13-7-8-5-4-6-11-9(8)12(13)2/h4-6H,3,7H2,1-2H3. The van der Waals surface area contributed by atoms with E-state index in [1.807, 2.05) is 12.1 Å². The van der Waals surface area contributed by atoms with Crippen molar-refractivity contribution in [3.63, 3.8) is 0 Å². The Balaban J connectivity index is 2.19. The van der Waals surface area contributed by atoms with Crippen LogP contribution in [0.15, 0.2) is 18.3 Å². The minimum atomic E-state index is -0.335. The third kappa shape index (κ3) is 1.60. The number of aromatic nitrogens is 1. The maximum absolute atomic E-state index is 11.6. The van der Waals surface area contributed by atoms with Gasteiger partial charge in [-0.05, 0) is 13.0 Å². The molecule has 1 aliphatic rings. The van der Waals surface area contributed by atoms with Gasteiger partial charge in [-0.3, -0.25) is 5.01 Å². The first-order valence-corrected chi connectivity index (χ1v) is 4.86. The van der Waals surface area contributed by atoms with Gasteiger partial charge in [-0.1, -0.05) is 6.07 Å². The van der Waals surface area contributed by atoms with Crippen molar-refractivity contribution < 1.29 is 9.53 Å². The maximum Gasteiger partial charge on any atom is 0.429 e. The van der Waals surface area contributed by atoms with E-state index >= 15 is 0 Å². The molecule has 0 aliphatic carbocycles. The highest BCUT2D eigenvalue weighted by atomic mass is 16.6. The van der Waals surface area contributed by atoms with Crippen LogP contribution >= 0.6 is 0 Å². The molecular weight excluding hydrogens is 194 g/mol. The van der Waals surface area contributed by atoms with Crippen LogP contribution in [0.5, 0.6) is 0 Å². The van der Waals surface area contributed by atoms with Crippen molar-refractivity contribution in [3.8, 4) is 0 Å². The minimum absolute atomic E-state index is 0.335. The van der Waals surface area contributed by atoms with E-state index in [9.17, 15) is 4.79 Å². The summed E-state index contributed by atoms with van der Waals surface area (Å²) in [4.78, 5) is 15.8. The number of rotatable bonds is 1. The molecule has 0 spiro atoms. The number of hydrogen-bond acceptors (Lipinski definition) is 4. The zero-order chi connectivity index (χ0) is 10.8. The molecule has 15 heavy (non-hydrogen) atoms. The van der Waals surface area contributed by atoms with Gasteiger partial charge in [0, 0.05) is 18.8 Å². The summed E-state index contributed by atoms with van der Waals surface area (Å²) >= 11 is 0. The van der Waals surface area contributed by atoms with Gasteiger partial charge >= 0.3 is 6.09 Å². The molecule has 2 rings (SSSR count). The maximum atomic E-state index is 11.6. The molecule has 0 unspecified atom stereocenters. The molecule has 0 saturated carbocycles. The molecular formula is C10H13N3O2. The molecule has 0 fully saturated rings. The van der Waals surface area contributed by atoms with Gasteiger partial charge in [-0.15, -0.1) is 0 Å². The third-order valence-electron chi connectivity index (χ3n) is 2.33. The van der Waals surface area contributed by atoms with Crippen LogP contribution in [0.3, 0.4) is 0 Å². The fourth-order valence-electron chi connectivity index (χ4n) is 1.61. The zero-order valence-corrected chi connectivity index (χ0v) is 8.80.